The Kier molecular flexibility index (Phi) is 5.88. The fraction of sp³-hybridized carbons (Fsp3) is 0.500. The second kappa shape index (κ2) is 6.70. The molecule has 1 aromatic rings. The van der Waals surface area contributed by atoms with Crippen molar-refractivity contribution in [1.82, 2.24) is 5.32 Å². The van der Waals surface area contributed by atoms with Crippen LogP contribution in [0.15, 0.2) is 24.3 Å². The summed E-state index contributed by atoms with van der Waals surface area (Å²) in [5.41, 5.74) is 1.21. The molecule has 1 unspecified atom stereocenters. The van der Waals surface area contributed by atoms with Gasteiger partial charge in [-0.25, -0.2) is 8.42 Å². The molecule has 0 saturated heterocycles. The van der Waals surface area contributed by atoms with Gasteiger partial charge in [0.05, 0.1) is 0 Å². The summed E-state index contributed by atoms with van der Waals surface area (Å²) in [6.45, 7) is 0. The smallest absolute Gasteiger partial charge is 0.147 e. The molecule has 3 nitrogen and oxygen atoms in total. The Morgan fingerprint density at radius 2 is 1.88 bits per heavy atom. The van der Waals surface area contributed by atoms with Crippen LogP contribution in [-0.4, -0.2) is 27.5 Å². The monoisotopic (exact) mass is 367 g/mol. The van der Waals surface area contributed by atoms with Crippen molar-refractivity contribution < 1.29 is 8.42 Å². The SMILES string of the molecule is CNC(CCCS(C)(=O)=O)c1ccc(I)cc1. The van der Waals surface area contributed by atoms with Gasteiger partial charge in [0.2, 0.25) is 0 Å². The van der Waals surface area contributed by atoms with Crippen LogP contribution in [0.4, 0.5) is 0 Å². The van der Waals surface area contributed by atoms with Crippen LogP contribution in [0.5, 0.6) is 0 Å². The van der Waals surface area contributed by atoms with Gasteiger partial charge in [0.1, 0.15) is 9.84 Å². The highest BCUT2D eigenvalue weighted by Gasteiger charge is 2.10. The van der Waals surface area contributed by atoms with Gasteiger partial charge in [0.25, 0.3) is 0 Å². The van der Waals surface area contributed by atoms with Crippen molar-refractivity contribution in [3.8, 4) is 0 Å². The molecule has 96 valence electrons. The van der Waals surface area contributed by atoms with Crippen LogP contribution in [0.25, 0.3) is 0 Å². The molecule has 0 amide bonds. The zero-order valence-electron chi connectivity index (χ0n) is 10.1. The molecule has 1 aromatic carbocycles. The normalized spacial score (nSPS) is 13.6. The maximum atomic E-state index is 11.1. The highest BCUT2D eigenvalue weighted by Crippen LogP contribution is 2.19. The molecule has 0 bridgehead atoms. The van der Waals surface area contributed by atoms with E-state index in [9.17, 15) is 8.42 Å². The van der Waals surface area contributed by atoms with Crippen LogP contribution in [0, 0.1) is 3.57 Å². The molecule has 0 aliphatic carbocycles. The largest absolute Gasteiger partial charge is 0.313 e. The summed E-state index contributed by atoms with van der Waals surface area (Å²) in [5.74, 6) is 0.259. The number of hydrogen-bond donors (Lipinski definition) is 1. The van der Waals surface area contributed by atoms with E-state index in [4.69, 9.17) is 0 Å². The van der Waals surface area contributed by atoms with E-state index >= 15 is 0 Å². The Morgan fingerprint density at radius 3 is 2.35 bits per heavy atom. The Bertz CT molecular complexity index is 442. The van der Waals surface area contributed by atoms with E-state index in [0.717, 1.165) is 6.42 Å². The summed E-state index contributed by atoms with van der Waals surface area (Å²) in [6.07, 6.45) is 2.81. The number of rotatable bonds is 6. The number of hydrogen-bond acceptors (Lipinski definition) is 3. The van der Waals surface area contributed by atoms with E-state index in [1.54, 1.807) is 0 Å². The summed E-state index contributed by atoms with van der Waals surface area (Å²) >= 11 is 2.27. The minimum Gasteiger partial charge on any atom is -0.313 e. The summed E-state index contributed by atoms with van der Waals surface area (Å²) in [5, 5.41) is 3.23. The predicted molar refractivity (Wildman–Crippen MR) is 79.9 cm³/mol. The molecule has 0 aliphatic heterocycles. The Balaban J connectivity index is 2.57. The van der Waals surface area contributed by atoms with Gasteiger partial charge in [-0.05, 0) is 60.2 Å². The molecule has 0 spiro atoms. The summed E-state index contributed by atoms with van der Waals surface area (Å²) in [4.78, 5) is 0. The predicted octanol–water partition coefficient (Wildman–Crippen LogP) is 2.38. The minimum absolute atomic E-state index is 0.230. The summed E-state index contributed by atoms with van der Waals surface area (Å²) in [7, 11) is -0.940. The quantitative estimate of drug-likeness (QED) is 0.786. The molecule has 0 heterocycles. The number of benzene rings is 1. The first-order chi connectivity index (χ1) is 7.92. The van der Waals surface area contributed by atoms with E-state index in [0.29, 0.717) is 6.42 Å². The zero-order valence-corrected chi connectivity index (χ0v) is 13.1. The van der Waals surface area contributed by atoms with Gasteiger partial charge in [0.15, 0.2) is 0 Å². The number of halogens is 1. The Labute approximate surface area is 117 Å². The standard InChI is InChI=1S/C12H18INO2S/c1-14-12(4-3-9-17(2,15)16)10-5-7-11(13)8-6-10/h5-8,12,14H,3-4,9H2,1-2H3. The maximum Gasteiger partial charge on any atom is 0.147 e. The van der Waals surface area contributed by atoms with E-state index in [-0.39, 0.29) is 11.8 Å². The number of sulfone groups is 1. The highest BCUT2D eigenvalue weighted by molar-refractivity contribution is 14.1. The first-order valence-corrected chi connectivity index (χ1v) is 8.67. The van der Waals surface area contributed by atoms with Crippen molar-refractivity contribution >= 4 is 32.4 Å². The van der Waals surface area contributed by atoms with Gasteiger partial charge in [-0.2, -0.15) is 0 Å². The van der Waals surface area contributed by atoms with Gasteiger partial charge in [0, 0.05) is 21.6 Å². The summed E-state index contributed by atoms with van der Waals surface area (Å²) < 4.78 is 23.3. The molecule has 1 atom stereocenters. The fourth-order valence-electron chi connectivity index (χ4n) is 1.72. The van der Waals surface area contributed by atoms with Gasteiger partial charge < -0.3 is 5.32 Å². The van der Waals surface area contributed by atoms with Crippen molar-refractivity contribution in [2.45, 2.75) is 18.9 Å². The molecular weight excluding hydrogens is 349 g/mol. The molecule has 1 N–H and O–H groups in total. The van der Waals surface area contributed by atoms with Gasteiger partial charge in [-0.15, -0.1) is 0 Å². The number of nitrogens with one attached hydrogen (secondary N) is 1. The van der Waals surface area contributed by atoms with Crippen LogP contribution >= 0.6 is 22.6 Å². The van der Waals surface area contributed by atoms with Crippen molar-refractivity contribution in [2.75, 3.05) is 19.1 Å². The lowest BCUT2D eigenvalue weighted by Crippen LogP contribution is -2.17. The summed E-state index contributed by atoms with van der Waals surface area (Å²) in [6, 6.07) is 8.54. The molecular formula is C12H18INO2S. The molecule has 0 saturated carbocycles. The third-order valence-corrected chi connectivity index (χ3v) is 4.38. The van der Waals surface area contributed by atoms with Crippen LogP contribution < -0.4 is 5.32 Å². The molecule has 1 rings (SSSR count). The lowest BCUT2D eigenvalue weighted by Gasteiger charge is -2.16. The molecule has 0 radical (unpaired) electrons. The minimum atomic E-state index is -2.85. The molecule has 17 heavy (non-hydrogen) atoms. The van der Waals surface area contributed by atoms with Crippen LogP contribution in [0.3, 0.4) is 0 Å². The van der Waals surface area contributed by atoms with E-state index in [1.807, 2.05) is 7.05 Å². The molecule has 0 aromatic heterocycles. The maximum absolute atomic E-state index is 11.1. The van der Waals surface area contributed by atoms with E-state index < -0.39 is 9.84 Å². The van der Waals surface area contributed by atoms with E-state index in [1.165, 1.54) is 15.4 Å². The third kappa shape index (κ3) is 5.83. The second-order valence-corrected chi connectivity index (χ2v) is 7.67. The van der Waals surface area contributed by atoms with Crippen molar-refractivity contribution in [3.63, 3.8) is 0 Å². The van der Waals surface area contributed by atoms with Crippen molar-refractivity contribution in [2.24, 2.45) is 0 Å². The van der Waals surface area contributed by atoms with Crippen LogP contribution in [0.2, 0.25) is 0 Å². The zero-order chi connectivity index (χ0) is 12.9. The first-order valence-electron chi connectivity index (χ1n) is 5.53. The second-order valence-electron chi connectivity index (χ2n) is 4.16. The van der Waals surface area contributed by atoms with Gasteiger partial charge in [-0.1, -0.05) is 12.1 Å². The Morgan fingerprint density at radius 1 is 1.29 bits per heavy atom. The topological polar surface area (TPSA) is 46.2 Å². The van der Waals surface area contributed by atoms with Crippen LogP contribution in [-0.2, 0) is 9.84 Å². The van der Waals surface area contributed by atoms with Crippen molar-refractivity contribution in [3.05, 3.63) is 33.4 Å². The average molecular weight is 367 g/mol. The highest BCUT2D eigenvalue weighted by atomic mass is 127. The molecule has 0 aliphatic rings. The van der Waals surface area contributed by atoms with Gasteiger partial charge >= 0.3 is 0 Å². The van der Waals surface area contributed by atoms with E-state index in [2.05, 4.69) is 52.2 Å². The van der Waals surface area contributed by atoms with Crippen LogP contribution in [0.1, 0.15) is 24.4 Å². The lowest BCUT2D eigenvalue weighted by atomic mass is 10.0. The van der Waals surface area contributed by atoms with Crippen molar-refractivity contribution in [1.29, 1.82) is 0 Å². The fourth-order valence-corrected chi connectivity index (χ4v) is 2.77. The molecule has 5 heteroatoms. The molecule has 0 fully saturated rings. The Hall–Kier alpha value is -0.140. The first kappa shape index (κ1) is 14.9. The lowest BCUT2D eigenvalue weighted by molar-refractivity contribution is 0.536. The third-order valence-electron chi connectivity index (χ3n) is 2.63. The average Bonchev–Trinajstić information content (AvgIpc) is 2.24. The van der Waals surface area contributed by atoms with Gasteiger partial charge in [-0.3, -0.25) is 0 Å².